The minimum Gasteiger partial charge on any atom is -0.390 e. The highest BCUT2D eigenvalue weighted by atomic mass is 32.2. The topological polar surface area (TPSA) is 124 Å². The third kappa shape index (κ3) is 11.3. The molecule has 0 amide bonds. The van der Waals surface area contributed by atoms with Crippen LogP contribution in [-0.2, 0) is 14.9 Å². The number of nitrogens with zero attached hydrogens (tertiary/aromatic N) is 2. The van der Waals surface area contributed by atoms with E-state index in [-0.39, 0.29) is 35.8 Å². The molecular formula is C22H41N2O6S+. The summed E-state index contributed by atoms with van der Waals surface area (Å²) < 4.78 is 31.0. The molecule has 0 spiro atoms. The molecule has 0 bridgehead atoms. The number of rotatable bonds is 18. The summed E-state index contributed by atoms with van der Waals surface area (Å²) in [6, 6.07) is 0. The van der Waals surface area contributed by atoms with Crippen LogP contribution < -0.4 is 0 Å². The maximum absolute atomic E-state index is 12.7. The lowest BCUT2D eigenvalue weighted by molar-refractivity contribution is -0.837. The Bertz CT molecular complexity index is 692. The number of quaternary nitrogens is 1. The molecule has 0 saturated carbocycles. The molecule has 0 radical (unpaired) electrons. The van der Waals surface area contributed by atoms with Gasteiger partial charge in [-0.1, -0.05) is 64.4 Å². The van der Waals surface area contributed by atoms with Crippen LogP contribution in [0.3, 0.4) is 0 Å². The molecule has 31 heavy (non-hydrogen) atoms. The molecule has 1 aliphatic heterocycles. The Balaban J connectivity index is 2.47. The third-order valence-corrected chi connectivity index (χ3v) is 6.50. The van der Waals surface area contributed by atoms with Gasteiger partial charge in [0, 0.05) is 0 Å². The van der Waals surface area contributed by atoms with Gasteiger partial charge in [0.05, 0.1) is 13.2 Å². The van der Waals surface area contributed by atoms with Crippen molar-refractivity contribution in [3.05, 3.63) is 12.2 Å². The highest BCUT2D eigenvalue weighted by molar-refractivity contribution is 7.85. The molecule has 0 saturated heterocycles. The zero-order valence-corrected chi connectivity index (χ0v) is 19.7. The van der Waals surface area contributed by atoms with E-state index in [1.54, 1.807) is 0 Å². The van der Waals surface area contributed by atoms with E-state index in [1.807, 2.05) is 6.08 Å². The van der Waals surface area contributed by atoms with Crippen molar-refractivity contribution in [2.45, 2.75) is 77.2 Å². The molecule has 0 aliphatic carbocycles. The number of carbonyl (C=O) groups is 1. The van der Waals surface area contributed by atoms with E-state index < -0.39 is 22.0 Å². The van der Waals surface area contributed by atoms with Crippen LogP contribution in [0.4, 0.5) is 0 Å². The number of hydrogen-bond donors (Lipinski definition) is 3. The second-order valence-corrected chi connectivity index (χ2v) is 9.99. The zero-order chi connectivity index (χ0) is 23.2. The minimum absolute atomic E-state index is 0.0750. The van der Waals surface area contributed by atoms with Crippen LogP contribution in [0.15, 0.2) is 17.1 Å². The first-order valence-electron chi connectivity index (χ1n) is 11.6. The predicted octanol–water partition coefficient (Wildman–Crippen LogP) is 2.50. The van der Waals surface area contributed by atoms with Crippen LogP contribution in [0, 0.1) is 0 Å². The van der Waals surface area contributed by atoms with Crippen LogP contribution in [0.2, 0.25) is 0 Å². The van der Waals surface area contributed by atoms with Crippen LogP contribution in [-0.4, -0.2) is 83.9 Å². The molecule has 0 aromatic heterocycles. The number of aliphatic hydroxyl groups is 2. The molecule has 2 atom stereocenters. The highest BCUT2D eigenvalue weighted by Gasteiger charge is 2.43. The van der Waals surface area contributed by atoms with E-state index in [0.717, 1.165) is 19.3 Å². The lowest BCUT2D eigenvalue weighted by Gasteiger charge is -2.34. The van der Waals surface area contributed by atoms with Gasteiger partial charge in [-0.25, -0.2) is 4.99 Å². The Hall–Kier alpha value is -1.13. The maximum Gasteiger partial charge on any atom is 0.271 e. The van der Waals surface area contributed by atoms with Gasteiger partial charge in [0.25, 0.3) is 21.7 Å². The van der Waals surface area contributed by atoms with E-state index in [4.69, 9.17) is 4.55 Å². The first-order valence-corrected chi connectivity index (χ1v) is 13.2. The SMILES string of the molecule is CCCCCCCCCCC/C=C/C(=O)C1=NCC[N+]1(CCO)CC(O)CS(=O)(=O)O. The smallest absolute Gasteiger partial charge is 0.271 e. The average Bonchev–Trinajstić information content (AvgIpc) is 3.07. The molecule has 0 aromatic carbocycles. The van der Waals surface area contributed by atoms with Crippen LogP contribution >= 0.6 is 0 Å². The second kappa shape index (κ2) is 14.8. The van der Waals surface area contributed by atoms with Crippen molar-refractivity contribution in [3.8, 4) is 0 Å². The summed E-state index contributed by atoms with van der Waals surface area (Å²) >= 11 is 0. The normalized spacial score (nSPS) is 20.3. The summed E-state index contributed by atoms with van der Waals surface area (Å²) in [6.07, 6.45) is 13.9. The van der Waals surface area contributed by atoms with Crippen molar-refractivity contribution in [3.63, 3.8) is 0 Å². The standard InChI is InChI=1S/C22H40N2O6S/c1-2-3-4-5-6-7-8-9-10-11-12-13-21(27)22-23-14-15-24(22,16-17-25)18-20(26)19-31(28,29)30/h12-13,20,25-26H,2-11,14-19H2,1H3/p+1/b13-12+. The number of unbranched alkanes of at least 4 members (excludes halogenated alkanes) is 9. The number of ketones is 1. The summed E-state index contributed by atoms with van der Waals surface area (Å²) in [4.78, 5) is 17.0. The van der Waals surface area contributed by atoms with Crippen LogP contribution in [0.25, 0.3) is 0 Å². The Morgan fingerprint density at radius 3 is 2.32 bits per heavy atom. The van der Waals surface area contributed by atoms with Crippen molar-refractivity contribution in [2.24, 2.45) is 4.99 Å². The molecule has 1 rings (SSSR count). The molecule has 0 aromatic rings. The number of amidine groups is 1. The summed E-state index contributed by atoms with van der Waals surface area (Å²) in [6.45, 7) is 2.81. The van der Waals surface area contributed by atoms with E-state index in [9.17, 15) is 23.4 Å². The minimum atomic E-state index is -4.34. The van der Waals surface area contributed by atoms with Gasteiger partial charge in [-0.15, -0.1) is 0 Å². The van der Waals surface area contributed by atoms with E-state index in [1.165, 1.54) is 51.0 Å². The highest BCUT2D eigenvalue weighted by Crippen LogP contribution is 2.18. The Morgan fingerprint density at radius 2 is 1.74 bits per heavy atom. The molecule has 1 heterocycles. The number of aliphatic imine (C=N–C) groups is 1. The Labute approximate surface area is 187 Å². The molecule has 2 unspecified atom stereocenters. The average molecular weight is 462 g/mol. The summed E-state index contributed by atoms with van der Waals surface area (Å²) in [5, 5.41) is 19.6. The van der Waals surface area contributed by atoms with Gasteiger partial charge in [0.1, 0.15) is 31.5 Å². The van der Waals surface area contributed by atoms with Gasteiger partial charge in [-0.2, -0.15) is 8.42 Å². The number of aliphatic hydroxyl groups excluding tert-OH is 2. The van der Waals surface area contributed by atoms with Crippen molar-refractivity contribution >= 4 is 21.7 Å². The summed E-state index contributed by atoms with van der Waals surface area (Å²) in [5.41, 5.74) is 0. The molecule has 9 heteroatoms. The van der Waals surface area contributed by atoms with Crippen molar-refractivity contribution in [1.82, 2.24) is 0 Å². The second-order valence-electron chi connectivity index (χ2n) is 8.49. The lowest BCUT2D eigenvalue weighted by Crippen LogP contribution is -2.58. The van der Waals surface area contributed by atoms with Crippen molar-refractivity contribution in [1.29, 1.82) is 0 Å². The monoisotopic (exact) mass is 461 g/mol. The molecule has 3 N–H and O–H groups in total. The van der Waals surface area contributed by atoms with Gasteiger partial charge >= 0.3 is 0 Å². The fourth-order valence-corrected chi connectivity index (χ4v) is 4.72. The molecule has 1 aliphatic rings. The van der Waals surface area contributed by atoms with Gasteiger partial charge in [0.15, 0.2) is 0 Å². The summed E-state index contributed by atoms with van der Waals surface area (Å²) in [5.74, 6) is -0.860. The van der Waals surface area contributed by atoms with Gasteiger partial charge in [0.2, 0.25) is 0 Å². The Kier molecular flexibility index (Phi) is 13.4. The van der Waals surface area contributed by atoms with Crippen LogP contribution in [0.1, 0.15) is 71.1 Å². The zero-order valence-electron chi connectivity index (χ0n) is 18.9. The summed E-state index contributed by atoms with van der Waals surface area (Å²) in [7, 11) is -4.34. The fraction of sp³-hybridized carbons (Fsp3) is 0.818. The fourth-order valence-electron chi connectivity index (χ4n) is 4.13. The van der Waals surface area contributed by atoms with E-state index in [2.05, 4.69) is 11.9 Å². The molecule has 8 nitrogen and oxygen atoms in total. The van der Waals surface area contributed by atoms with E-state index >= 15 is 0 Å². The lowest BCUT2D eigenvalue weighted by atomic mass is 10.1. The number of carbonyl (C=O) groups excluding carboxylic acids is 1. The maximum atomic E-state index is 12.7. The van der Waals surface area contributed by atoms with E-state index in [0.29, 0.717) is 13.1 Å². The van der Waals surface area contributed by atoms with Crippen molar-refractivity contribution in [2.75, 3.05) is 38.5 Å². The van der Waals surface area contributed by atoms with Gasteiger partial charge < -0.3 is 10.2 Å². The van der Waals surface area contributed by atoms with Gasteiger partial charge in [-0.3, -0.25) is 13.8 Å². The third-order valence-electron chi connectivity index (χ3n) is 5.69. The predicted molar refractivity (Wildman–Crippen MR) is 123 cm³/mol. The molecule has 0 fully saturated rings. The quantitative estimate of drug-likeness (QED) is 0.125. The first-order chi connectivity index (χ1) is 14.7. The van der Waals surface area contributed by atoms with Crippen LogP contribution in [0.5, 0.6) is 0 Å². The number of hydrogen-bond acceptors (Lipinski definition) is 6. The number of allylic oxidation sites excluding steroid dienone is 1. The largest absolute Gasteiger partial charge is 0.390 e. The van der Waals surface area contributed by atoms with Crippen molar-refractivity contribution < 1.29 is 32.5 Å². The molecular weight excluding hydrogens is 420 g/mol. The molecule has 180 valence electrons. The first kappa shape index (κ1) is 27.9. The van der Waals surface area contributed by atoms with Gasteiger partial charge in [-0.05, 0) is 18.9 Å². The Morgan fingerprint density at radius 1 is 1.13 bits per heavy atom.